The van der Waals surface area contributed by atoms with Crippen molar-refractivity contribution in [3.63, 3.8) is 0 Å². The minimum Gasteiger partial charge on any atom is -0.380 e. The Hall–Kier alpha value is -1.61. The van der Waals surface area contributed by atoms with Crippen LogP contribution in [0.3, 0.4) is 0 Å². The van der Waals surface area contributed by atoms with Crippen LogP contribution in [0.4, 0.5) is 5.82 Å². The monoisotopic (exact) mass is 258 g/mol. The minimum absolute atomic E-state index is 0.456. The lowest BCUT2D eigenvalue weighted by molar-refractivity contribution is 0.186. The Balaban J connectivity index is 2.62. The molecule has 1 aromatic carbocycles. The average Bonchev–Trinajstić information content (AvgIpc) is 2.39. The Morgan fingerprint density at radius 1 is 1.32 bits per heavy atom. The molecule has 2 rings (SSSR count). The number of nitrogens with one attached hydrogen (secondary N) is 1. The normalized spacial score (nSPS) is 11.2. The highest BCUT2D eigenvalue weighted by molar-refractivity contribution is 5.84. The third-order valence-electron chi connectivity index (χ3n) is 3.22. The smallest absolute Gasteiger partial charge is 0.130 e. The highest BCUT2D eigenvalue weighted by Crippen LogP contribution is 2.28. The number of ether oxygens (including phenoxy) is 1. The average molecular weight is 258 g/mol. The second kappa shape index (κ2) is 6.02. The quantitative estimate of drug-likeness (QED) is 0.882. The number of anilines is 1. The molecule has 0 atom stereocenters. The summed E-state index contributed by atoms with van der Waals surface area (Å²) in [5.74, 6) is 1.45. The number of hydrogen-bond donors (Lipinski definition) is 1. The number of hydrogen-bond acceptors (Lipinski definition) is 3. The van der Waals surface area contributed by atoms with Gasteiger partial charge >= 0.3 is 0 Å². The summed E-state index contributed by atoms with van der Waals surface area (Å²) in [5, 5.41) is 4.55. The molecule has 19 heavy (non-hydrogen) atoms. The first-order valence-corrected chi connectivity index (χ1v) is 6.82. The van der Waals surface area contributed by atoms with E-state index < -0.39 is 0 Å². The maximum absolute atomic E-state index is 5.25. The number of methoxy groups -OCH3 is 1. The molecule has 1 N–H and O–H groups in total. The first-order chi connectivity index (χ1) is 9.17. The highest BCUT2D eigenvalue weighted by atomic mass is 16.5. The summed E-state index contributed by atoms with van der Waals surface area (Å²) >= 11 is 0. The van der Waals surface area contributed by atoms with Gasteiger partial charge in [0.1, 0.15) is 5.82 Å². The molecule has 3 heteroatoms. The molecular formula is C16H22N2O. The van der Waals surface area contributed by atoms with E-state index in [9.17, 15) is 0 Å². The molecule has 0 bridgehead atoms. The van der Waals surface area contributed by atoms with E-state index in [4.69, 9.17) is 9.72 Å². The number of benzene rings is 1. The molecule has 0 aliphatic rings. The maximum atomic E-state index is 5.25. The lowest BCUT2D eigenvalue weighted by atomic mass is 10.0. The van der Waals surface area contributed by atoms with E-state index in [2.05, 4.69) is 50.4 Å². The Bertz CT molecular complexity index is 564. The van der Waals surface area contributed by atoms with Crippen molar-refractivity contribution in [1.82, 2.24) is 4.98 Å². The molecule has 0 amide bonds. The number of nitrogens with zero attached hydrogens (tertiary/aromatic N) is 1. The van der Waals surface area contributed by atoms with Crippen LogP contribution in [-0.2, 0) is 11.3 Å². The van der Waals surface area contributed by atoms with E-state index in [1.807, 2.05) is 0 Å². The predicted octanol–water partition coefficient (Wildman–Crippen LogP) is 3.94. The Kier molecular flexibility index (Phi) is 4.38. The van der Waals surface area contributed by atoms with Crippen molar-refractivity contribution in [2.75, 3.05) is 19.0 Å². The minimum atomic E-state index is 0.456. The molecule has 1 heterocycles. The van der Waals surface area contributed by atoms with Gasteiger partial charge in [-0.05, 0) is 24.5 Å². The van der Waals surface area contributed by atoms with Crippen molar-refractivity contribution in [2.24, 2.45) is 0 Å². The van der Waals surface area contributed by atoms with Crippen LogP contribution in [0.2, 0.25) is 0 Å². The zero-order chi connectivity index (χ0) is 13.8. The second-order valence-corrected chi connectivity index (χ2v) is 5.03. The fraction of sp³-hybridized carbons (Fsp3) is 0.438. The number of pyridine rings is 1. The largest absolute Gasteiger partial charge is 0.380 e. The molecule has 1 aromatic heterocycles. The van der Waals surface area contributed by atoms with Gasteiger partial charge in [-0.1, -0.05) is 32.0 Å². The summed E-state index contributed by atoms with van der Waals surface area (Å²) in [4.78, 5) is 4.81. The molecule has 0 unspecified atom stereocenters. The molecule has 102 valence electrons. The van der Waals surface area contributed by atoms with Gasteiger partial charge in [0.05, 0.1) is 12.1 Å². The Morgan fingerprint density at radius 2 is 2.11 bits per heavy atom. The van der Waals surface area contributed by atoms with E-state index in [1.54, 1.807) is 7.11 Å². The molecule has 0 saturated carbocycles. The lowest BCUT2D eigenvalue weighted by Crippen LogP contribution is -2.06. The van der Waals surface area contributed by atoms with Crippen molar-refractivity contribution < 1.29 is 4.74 Å². The van der Waals surface area contributed by atoms with Crippen LogP contribution in [0.1, 0.15) is 37.8 Å². The molecule has 3 nitrogen and oxygen atoms in total. The van der Waals surface area contributed by atoms with Crippen LogP contribution < -0.4 is 5.32 Å². The van der Waals surface area contributed by atoms with Gasteiger partial charge < -0.3 is 10.1 Å². The number of para-hydroxylation sites is 1. The standard InChI is InChI=1S/C16H22N2O/c1-5-17-16-14(11(2)3)9-12-7-6-8-13(10-19-4)15(12)18-16/h6-9,11H,5,10H2,1-4H3,(H,17,18). The van der Waals surface area contributed by atoms with Crippen molar-refractivity contribution in [2.45, 2.75) is 33.3 Å². The summed E-state index contributed by atoms with van der Waals surface area (Å²) in [7, 11) is 1.71. The molecule has 0 aliphatic heterocycles. The number of rotatable bonds is 5. The van der Waals surface area contributed by atoms with Crippen LogP contribution in [0.15, 0.2) is 24.3 Å². The van der Waals surface area contributed by atoms with Gasteiger partial charge in [-0.15, -0.1) is 0 Å². The van der Waals surface area contributed by atoms with E-state index in [1.165, 1.54) is 10.9 Å². The molecular weight excluding hydrogens is 236 g/mol. The molecule has 2 aromatic rings. The van der Waals surface area contributed by atoms with Crippen LogP contribution in [-0.4, -0.2) is 18.6 Å². The Morgan fingerprint density at radius 3 is 2.74 bits per heavy atom. The van der Waals surface area contributed by atoms with Gasteiger partial charge in [0.15, 0.2) is 0 Å². The molecule has 0 saturated heterocycles. The molecule has 0 radical (unpaired) electrons. The van der Waals surface area contributed by atoms with E-state index >= 15 is 0 Å². The van der Waals surface area contributed by atoms with Crippen LogP contribution in [0, 0.1) is 0 Å². The zero-order valence-corrected chi connectivity index (χ0v) is 12.2. The molecule has 0 spiro atoms. The number of aromatic nitrogens is 1. The van der Waals surface area contributed by atoms with Gasteiger partial charge in [0.25, 0.3) is 0 Å². The SMILES string of the molecule is CCNc1nc2c(COC)cccc2cc1C(C)C. The highest BCUT2D eigenvalue weighted by Gasteiger charge is 2.11. The Labute approximate surface area is 115 Å². The van der Waals surface area contributed by atoms with Crippen molar-refractivity contribution >= 4 is 16.7 Å². The third-order valence-corrected chi connectivity index (χ3v) is 3.22. The summed E-state index contributed by atoms with van der Waals surface area (Å²) in [6, 6.07) is 8.49. The van der Waals surface area contributed by atoms with Crippen LogP contribution in [0.25, 0.3) is 10.9 Å². The fourth-order valence-electron chi connectivity index (χ4n) is 2.30. The lowest BCUT2D eigenvalue weighted by Gasteiger charge is -2.15. The van der Waals surface area contributed by atoms with Gasteiger partial charge in [-0.2, -0.15) is 0 Å². The van der Waals surface area contributed by atoms with E-state index in [0.717, 1.165) is 23.4 Å². The first-order valence-electron chi connectivity index (χ1n) is 6.82. The summed E-state index contributed by atoms with van der Waals surface area (Å²) in [6.07, 6.45) is 0. The van der Waals surface area contributed by atoms with E-state index in [0.29, 0.717) is 12.5 Å². The summed E-state index contributed by atoms with van der Waals surface area (Å²) in [6.45, 7) is 7.96. The van der Waals surface area contributed by atoms with Crippen LogP contribution >= 0.6 is 0 Å². The first kappa shape index (κ1) is 13.8. The van der Waals surface area contributed by atoms with E-state index in [-0.39, 0.29) is 0 Å². The number of fused-ring (bicyclic) bond motifs is 1. The molecule has 0 fully saturated rings. The van der Waals surface area contributed by atoms with Crippen molar-refractivity contribution in [3.8, 4) is 0 Å². The van der Waals surface area contributed by atoms with Gasteiger partial charge in [-0.3, -0.25) is 0 Å². The second-order valence-electron chi connectivity index (χ2n) is 5.03. The predicted molar refractivity (Wildman–Crippen MR) is 80.7 cm³/mol. The van der Waals surface area contributed by atoms with Crippen molar-refractivity contribution in [1.29, 1.82) is 0 Å². The summed E-state index contributed by atoms with van der Waals surface area (Å²) in [5.41, 5.74) is 3.43. The summed E-state index contributed by atoms with van der Waals surface area (Å²) < 4.78 is 5.25. The van der Waals surface area contributed by atoms with Gasteiger partial charge in [0.2, 0.25) is 0 Å². The third kappa shape index (κ3) is 2.87. The van der Waals surface area contributed by atoms with Crippen LogP contribution in [0.5, 0.6) is 0 Å². The fourth-order valence-corrected chi connectivity index (χ4v) is 2.30. The van der Waals surface area contributed by atoms with Gasteiger partial charge in [-0.25, -0.2) is 4.98 Å². The zero-order valence-electron chi connectivity index (χ0n) is 12.2. The molecule has 0 aliphatic carbocycles. The van der Waals surface area contributed by atoms with Crippen molar-refractivity contribution in [3.05, 3.63) is 35.4 Å². The maximum Gasteiger partial charge on any atom is 0.130 e. The van der Waals surface area contributed by atoms with Gasteiger partial charge in [0, 0.05) is 24.6 Å². The topological polar surface area (TPSA) is 34.2 Å².